The van der Waals surface area contributed by atoms with Gasteiger partial charge in [0.2, 0.25) is 0 Å². The lowest BCUT2D eigenvalue weighted by Crippen LogP contribution is -2.39. The Balaban J connectivity index is 2.17. The lowest BCUT2D eigenvalue weighted by Gasteiger charge is -2.30. The van der Waals surface area contributed by atoms with E-state index in [4.69, 9.17) is 0 Å². The van der Waals surface area contributed by atoms with Crippen molar-refractivity contribution in [1.29, 1.82) is 0 Å². The van der Waals surface area contributed by atoms with E-state index in [0.717, 1.165) is 31.2 Å². The molecule has 1 N–H and O–H groups in total. The van der Waals surface area contributed by atoms with Gasteiger partial charge >= 0.3 is 0 Å². The molecule has 0 aromatic heterocycles. The molecule has 0 amide bonds. The van der Waals surface area contributed by atoms with Gasteiger partial charge in [-0.25, -0.2) is 8.42 Å². The van der Waals surface area contributed by atoms with Crippen molar-refractivity contribution >= 4 is 9.84 Å². The number of hydrogen-bond donors (Lipinski definition) is 1. The van der Waals surface area contributed by atoms with Gasteiger partial charge in [0.15, 0.2) is 9.84 Å². The summed E-state index contributed by atoms with van der Waals surface area (Å²) in [5.74, 6) is 0.338. The monoisotopic (exact) mass is 309 g/mol. The maximum absolute atomic E-state index is 12.3. The van der Waals surface area contributed by atoms with E-state index in [-0.39, 0.29) is 11.3 Å². The van der Waals surface area contributed by atoms with Crippen molar-refractivity contribution in [2.24, 2.45) is 0 Å². The Labute approximate surface area is 129 Å². The minimum absolute atomic E-state index is 0.0875. The summed E-state index contributed by atoms with van der Waals surface area (Å²) in [6.07, 6.45) is 6.09. The molecule has 0 spiro atoms. The van der Waals surface area contributed by atoms with E-state index in [1.54, 1.807) is 0 Å². The van der Waals surface area contributed by atoms with Gasteiger partial charge in [-0.3, -0.25) is 0 Å². The lowest BCUT2D eigenvalue weighted by molar-refractivity contribution is 0.469. The normalized spacial score (nSPS) is 22.9. The van der Waals surface area contributed by atoms with Gasteiger partial charge < -0.3 is 5.32 Å². The fourth-order valence-electron chi connectivity index (χ4n) is 3.19. The summed E-state index contributed by atoms with van der Waals surface area (Å²) < 4.78 is 24.6. The summed E-state index contributed by atoms with van der Waals surface area (Å²) >= 11 is 0. The van der Waals surface area contributed by atoms with Gasteiger partial charge in [0.05, 0.1) is 11.0 Å². The Morgan fingerprint density at radius 1 is 1.24 bits per heavy atom. The molecule has 1 aliphatic rings. The van der Waals surface area contributed by atoms with Crippen molar-refractivity contribution in [1.82, 2.24) is 5.32 Å². The van der Waals surface area contributed by atoms with E-state index in [0.29, 0.717) is 5.75 Å². The molecule has 1 aromatic carbocycles. The zero-order chi connectivity index (χ0) is 15.3. The van der Waals surface area contributed by atoms with Crippen LogP contribution in [0.2, 0.25) is 0 Å². The van der Waals surface area contributed by atoms with E-state index < -0.39 is 9.84 Å². The van der Waals surface area contributed by atoms with E-state index in [1.165, 1.54) is 18.4 Å². The van der Waals surface area contributed by atoms with Crippen molar-refractivity contribution in [3.8, 4) is 0 Å². The fourth-order valence-corrected chi connectivity index (χ4v) is 5.34. The van der Waals surface area contributed by atoms with Crippen LogP contribution in [0.3, 0.4) is 0 Å². The third kappa shape index (κ3) is 4.07. The molecule has 1 aromatic rings. The highest BCUT2D eigenvalue weighted by Gasteiger charge is 2.35. The molecule has 1 saturated heterocycles. The Morgan fingerprint density at radius 2 is 1.95 bits per heavy atom. The molecule has 0 radical (unpaired) electrons. The summed E-state index contributed by atoms with van der Waals surface area (Å²) in [4.78, 5) is 0. The van der Waals surface area contributed by atoms with Crippen molar-refractivity contribution in [3.63, 3.8) is 0 Å². The predicted octanol–water partition coefficient (Wildman–Crippen LogP) is 3.26. The molecule has 3 nitrogen and oxygen atoms in total. The Kier molecular flexibility index (Phi) is 5.82. The van der Waals surface area contributed by atoms with Crippen LogP contribution in [0, 0.1) is 0 Å². The van der Waals surface area contributed by atoms with Gasteiger partial charge in [0, 0.05) is 6.04 Å². The molecule has 0 aliphatic carbocycles. The second-order valence-corrected chi connectivity index (χ2v) is 8.35. The van der Waals surface area contributed by atoms with Gasteiger partial charge in [-0.2, -0.15) is 0 Å². The molecule has 4 heteroatoms. The maximum Gasteiger partial charge on any atom is 0.155 e. The SMILES string of the molecule is CCCCc1ccc(C(NC)C2CCCCS2(=O)=O)cc1. The minimum Gasteiger partial charge on any atom is -0.312 e. The number of aryl methyl sites for hydroxylation is 1. The number of sulfone groups is 1. The van der Waals surface area contributed by atoms with Crippen LogP contribution in [-0.2, 0) is 16.3 Å². The molecule has 1 heterocycles. The molecule has 0 saturated carbocycles. The van der Waals surface area contributed by atoms with E-state index >= 15 is 0 Å². The third-order valence-electron chi connectivity index (χ3n) is 4.47. The number of benzene rings is 1. The summed E-state index contributed by atoms with van der Waals surface area (Å²) in [5, 5.41) is 2.95. The summed E-state index contributed by atoms with van der Waals surface area (Å²) in [6, 6.07) is 8.39. The van der Waals surface area contributed by atoms with Crippen LogP contribution >= 0.6 is 0 Å². The molecule has 21 heavy (non-hydrogen) atoms. The number of unbranched alkanes of at least 4 members (excludes halogenated alkanes) is 1. The third-order valence-corrected chi connectivity index (χ3v) is 6.76. The number of nitrogens with one attached hydrogen (secondary N) is 1. The quantitative estimate of drug-likeness (QED) is 0.877. The lowest BCUT2D eigenvalue weighted by atomic mass is 9.97. The van der Waals surface area contributed by atoms with Gasteiger partial charge in [0.25, 0.3) is 0 Å². The first-order valence-corrected chi connectivity index (χ1v) is 9.77. The van der Waals surface area contributed by atoms with Crippen molar-refractivity contribution in [2.45, 2.75) is 56.7 Å². The van der Waals surface area contributed by atoms with Crippen LogP contribution in [0.1, 0.15) is 56.2 Å². The summed E-state index contributed by atoms with van der Waals surface area (Å²) in [7, 11) is -1.11. The highest BCUT2D eigenvalue weighted by molar-refractivity contribution is 7.92. The summed E-state index contributed by atoms with van der Waals surface area (Å²) in [5.41, 5.74) is 2.43. The zero-order valence-electron chi connectivity index (χ0n) is 13.1. The topological polar surface area (TPSA) is 46.2 Å². The van der Waals surface area contributed by atoms with Crippen molar-refractivity contribution < 1.29 is 8.42 Å². The largest absolute Gasteiger partial charge is 0.312 e. The van der Waals surface area contributed by atoms with Crippen molar-refractivity contribution in [2.75, 3.05) is 12.8 Å². The van der Waals surface area contributed by atoms with Gasteiger partial charge in [0.1, 0.15) is 0 Å². The average molecular weight is 309 g/mol. The average Bonchev–Trinajstić information content (AvgIpc) is 2.48. The first kappa shape index (κ1) is 16.5. The molecule has 2 atom stereocenters. The van der Waals surface area contributed by atoms with E-state index in [2.05, 4.69) is 36.5 Å². The maximum atomic E-state index is 12.3. The van der Waals surface area contributed by atoms with Gasteiger partial charge in [-0.05, 0) is 43.9 Å². The van der Waals surface area contributed by atoms with Gasteiger partial charge in [-0.1, -0.05) is 44.0 Å². The molecule has 2 rings (SSSR count). The van der Waals surface area contributed by atoms with Crippen LogP contribution in [0.4, 0.5) is 0 Å². The molecule has 118 valence electrons. The standard InChI is InChI=1S/C17H27NO2S/c1-3-4-7-14-9-11-15(12-10-14)17(18-2)16-8-5-6-13-21(16,19)20/h9-12,16-18H,3-8,13H2,1-2H3. The number of rotatable bonds is 6. The first-order valence-electron chi connectivity index (χ1n) is 8.06. The van der Waals surface area contributed by atoms with Crippen LogP contribution < -0.4 is 5.32 Å². The molecule has 0 bridgehead atoms. The van der Waals surface area contributed by atoms with E-state index in [1.807, 2.05) is 7.05 Å². The molecule has 1 aliphatic heterocycles. The minimum atomic E-state index is -2.97. The smallest absolute Gasteiger partial charge is 0.155 e. The molecular formula is C17H27NO2S. The van der Waals surface area contributed by atoms with Gasteiger partial charge in [-0.15, -0.1) is 0 Å². The highest BCUT2D eigenvalue weighted by Crippen LogP contribution is 2.30. The molecule has 2 unspecified atom stereocenters. The summed E-state index contributed by atoms with van der Waals surface area (Å²) in [6.45, 7) is 2.19. The molecule has 1 fully saturated rings. The highest BCUT2D eigenvalue weighted by atomic mass is 32.2. The molecular weight excluding hydrogens is 282 g/mol. The number of hydrogen-bond acceptors (Lipinski definition) is 3. The van der Waals surface area contributed by atoms with Crippen LogP contribution in [0.25, 0.3) is 0 Å². The Morgan fingerprint density at radius 3 is 2.52 bits per heavy atom. The van der Waals surface area contributed by atoms with E-state index in [9.17, 15) is 8.42 Å². The van der Waals surface area contributed by atoms with Crippen LogP contribution in [0.5, 0.6) is 0 Å². The Bertz CT molecular complexity index is 536. The van der Waals surface area contributed by atoms with Crippen molar-refractivity contribution in [3.05, 3.63) is 35.4 Å². The van der Waals surface area contributed by atoms with Crippen LogP contribution in [-0.4, -0.2) is 26.5 Å². The predicted molar refractivity (Wildman–Crippen MR) is 88.3 cm³/mol. The first-order chi connectivity index (χ1) is 10.1. The Hall–Kier alpha value is -0.870. The second kappa shape index (κ2) is 7.41. The zero-order valence-corrected chi connectivity index (χ0v) is 14.0. The van der Waals surface area contributed by atoms with Crippen LogP contribution in [0.15, 0.2) is 24.3 Å². The second-order valence-electron chi connectivity index (χ2n) is 6.01. The fraction of sp³-hybridized carbons (Fsp3) is 0.647.